The van der Waals surface area contributed by atoms with E-state index in [1.54, 1.807) is 25.4 Å². The summed E-state index contributed by atoms with van der Waals surface area (Å²) in [5.41, 5.74) is 1.89. The molecule has 1 saturated heterocycles. The van der Waals surface area contributed by atoms with Crippen molar-refractivity contribution in [1.29, 1.82) is 0 Å². The lowest BCUT2D eigenvalue weighted by molar-refractivity contribution is 0.0792. The minimum atomic E-state index is -0.168. The number of aromatic nitrogens is 1. The van der Waals surface area contributed by atoms with E-state index in [1.165, 1.54) is 11.3 Å². The standard InChI is InChI=1S/C25H25N3O4S/c1-4-18-22(24(29)26-3)16-6-5-15(11-20(16)32-18)31-19-7-9-27-17-12-21(33-23(17)19)25(30)28-10-8-14(2)13-28/h5-7,9,11-12,14H,4,8,10,13H2,1-3H3,(H,26,29)/t14-/m1/s1. The molecule has 0 aliphatic carbocycles. The lowest BCUT2D eigenvalue weighted by atomic mass is 10.1. The van der Waals surface area contributed by atoms with Gasteiger partial charge in [-0.15, -0.1) is 11.3 Å². The van der Waals surface area contributed by atoms with Crippen molar-refractivity contribution in [3.8, 4) is 11.5 Å². The molecule has 3 aromatic heterocycles. The second-order valence-electron chi connectivity index (χ2n) is 8.37. The largest absolute Gasteiger partial charge is 0.460 e. The topological polar surface area (TPSA) is 84.7 Å². The van der Waals surface area contributed by atoms with Crippen LogP contribution in [-0.4, -0.2) is 41.8 Å². The quantitative estimate of drug-likeness (QED) is 0.438. The molecule has 170 valence electrons. The summed E-state index contributed by atoms with van der Waals surface area (Å²) >= 11 is 1.40. The van der Waals surface area contributed by atoms with Gasteiger partial charge in [-0.25, -0.2) is 0 Å². The number of hydrogen-bond donors (Lipinski definition) is 1. The van der Waals surface area contributed by atoms with Crippen molar-refractivity contribution in [2.24, 2.45) is 5.92 Å². The van der Waals surface area contributed by atoms with Gasteiger partial charge in [0.25, 0.3) is 11.8 Å². The molecule has 0 saturated carbocycles. The Balaban J connectivity index is 1.47. The number of aryl methyl sites for hydroxylation is 1. The molecule has 0 spiro atoms. The smallest absolute Gasteiger partial charge is 0.264 e. The molecule has 1 aliphatic rings. The average molecular weight is 464 g/mol. The molecule has 0 unspecified atom stereocenters. The molecule has 0 bridgehead atoms. The number of nitrogens with one attached hydrogen (secondary N) is 1. The predicted octanol–water partition coefficient (Wildman–Crippen LogP) is 5.24. The van der Waals surface area contributed by atoms with Crippen LogP contribution in [0.25, 0.3) is 21.2 Å². The number of amides is 2. The second-order valence-corrected chi connectivity index (χ2v) is 9.42. The Labute approximate surface area is 195 Å². The summed E-state index contributed by atoms with van der Waals surface area (Å²) in [6.45, 7) is 5.72. The van der Waals surface area contributed by atoms with E-state index >= 15 is 0 Å². The molecule has 1 atom stereocenters. The number of thiophene rings is 1. The zero-order chi connectivity index (χ0) is 23.1. The fourth-order valence-electron chi connectivity index (χ4n) is 4.32. The van der Waals surface area contributed by atoms with Crippen molar-refractivity contribution in [3.05, 3.63) is 52.7 Å². The van der Waals surface area contributed by atoms with E-state index in [-0.39, 0.29) is 11.8 Å². The Morgan fingerprint density at radius 2 is 2.15 bits per heavy atom. The molecule has 1 aliphatic heterocycles. The number of nitrogens with zero attached hydrogens (tertiary/aromatic N) is 2. The summed E-state index contributed by atoms with van der Waals surface area (Å²) < 4.78 is 13.0. The first-order chi connectivity index (χ1) is 16.0. The van der Waals surface area contributed by atoms with Crippen molar-refractivity contribution in [2.45, 2.75) is 26.7 Å². The summed E-state index contributed by atoms with van der Waals surface area (Å²) in [6, 6.07) is 9.09. The number of benzene rings is 1. The van der Waals surface area contributed by atoms with Crippen LogP contribution in [0, 0.1) is 5.92 Å². The van der Waals surface area contributed by atoms with Gasteiger partial charge in [0.2, 0.25) is 0 Å². The van der Waals surface area contributed by atoms with Gasteiger partial charge in [-0.05, 0) is 30.5 Å². The van der Waals surface area contributed by atoms with Crippen LogP contribution in [-0.2, 0) is 6.42 Å². The highest BCUT2D eigenvalue weighted by Crippen LogP contribution is 2.37. The lowest BCUT2D eigenvalue weighted by Gasteiger charge is -2.14. The third-order valence-electron chi connectivity index (χ3n) is 6.04. The fourth-order valence-corrected chi connectivity index (χ4v) is 5.35. The molecule has 33 heavy (non-hydrogen) atoms. The molecular weight excluding hydrogens is 438 g/mol. The van der Waals surface area contributed by atoms with E-state index in [4.69, 9.17) is 9.15 Å². The maximum atomic E-state index is 12.9. The molecule has 4 heterocycles. The van der Waals surface area contributed by atoms with Gasteiger partial charge in [0.1, 0.15) is 22.8 Å². The van der Waals surface area contributed by atoms with E-state index in [2.05, 4.69) is 17.2 Å². The summed E-state index contributed by atoms with van der Waals surface area (Å²) in [5.74, 6) is 2.29. The van der Waals surface area contributed by atoms with Crippen molar-refractivity contribution in [3.63, 3.8) is 0 Å². The first kappa shape index (κ1) is 21.5. The first-order valence-corrected chi connectivity index (χ1v) is 11.9. The van der Waals surface area contributed by atoms with Gasteiger partial charge in [0, 0.05) is 50.3 Å². The van der Waals surface area contributed by atoms with Gasteiger partial charge in [-0.3, -0.25) is 14.6 Å². The van der Waals surface area contributed by atoms with Crippen molar-refractivity contribution < 1.29 is 18.7 Å². The lowest BCUT2D eigenvalue weighted by Crippen LogP contribution is -2.27. The Morgan fingerprint density at radius 1 is 1.30 bits per heavy atom. The molecule has 8 heteroatoms. The molecule has 0 radical (unpaired) electrons. The second kappa shape index (κ2) is 8.51. The molecule has 2 amide bonds. The summed E-state index contributed by atoms with van der Waals surface area (Å²) in [5, 5.41) is 3.43. The number of carbonyl (C=O) groups excluding carboxylic acids is 2. The predicted molar refractivity (Wildman–Crippen MR) is 128 cm³/mol. The van der Waals surface area contributed by atoms with E-state index in [1.807, 2.05) is 30.0 Å². The zero-order valence-electron chi connectivity index (χ0n) is 18.8. The highest BCUT2D eigenvalue weighted by atomic mass is 32.1. The Kier molecular flexibility index (Phi) is 5.54. The van der Waals surface area contributed by atoms with Crippen molar-refractivity contribution in [2.75, 3.05) is 20.1 Å². The van der Waals surface area contributed by atoms with Gasteiger partial charge in [0.05, 0.1) is 20.7 Å². The van der Waals surface area contributed by atoms with E-state index in [0.717, 1.165) is 35.1 Å². The Bertz CT molecular complexity index is 1370. The molecule has 1 aromatic carbocycles. The normalized spacial score (nSPS) is 16.0. The minimum Gasteiger partial charge on any atom is -0.460 e. The minimum absolute atomic E-state index is 0.0548. The van der Waals surface area contributed by atoms with Crippen molar-refractivity contribution in [1.82, 2.24) is 15.2 Å². The van der Waals surface area contributed by atoms with Crippen LogP contribution in [0.5, 0.6) is 11.5 Å². The van der Waals surface area contributed by atoms with Crippen molar-refractivity contribution >= 4 is 44.3 Å². The number of pyridine rings is 1. The van der Waals surface area contributed by atoms with Crippen LogP contribution < -0.4 is 10.1 Å². The number of carbonyl (C=O) groups is 2. The van der Waals surface area contributed by atoms with Gasteiger partial charge < -0.3 is 19.4 Å². The van der Waals surface area contributed by atoms with Crippen LogP contribution in [0.2, 0.25) is 0 Å². The maximum Gasteiger partial charge on any atom is 0.264 e. The Morgan fingerprint density at radius 3 is 2.88 bits per heavy atom. The fraction of sp³-hybridized carbons (Fsp3) is 0.320. The number of rotatable bonds is 5. The molecule has 1 N–H and O–H groups in total. The third kappa shape index (κ3) is 3.84. The van der Waals surface area contributed by atoms with Gasteiger partial charge >= 0.3 is 0 Å². The molecule has 1 fully saturated rings. The number of likely N-dealkylation sites (tertiary alicyclic amines) is 1. The monoisotopic (exact) mass is 463 g/mol. The van der Waals surface area contributed by atoms with Crippen LogP contribution in [0.4, 0.5) is 0 Å². The highest BCUT2D eigenvalue weighted by molar-refractivity contribution is 7.21. The number of fused-ring (bicyclic) bond motifs is 2. The molecule has 4 aromatic rings. The van der Waals surface area contributed by atoms with Crippen LogP contribution >= 0.6 is 11.3 Å². The summed E-state index contributed by atoms with van der Waals surface area (Å²) in [7, 11) is 1.61. The average Bonchev–Trinajstić information content (AvgIpc) is 3.54. The van der Waals surface area contributed by atoms with Gasteiger partial charge in [0.15, 0.2) is 0 Å². The summed E-state index contributed by atoms with van der Waals surface area (Å²) in [4.78, 5) is 32.3. The molecule has 5 rings (SSSR count). The van der Waals surface area contributed by atoms with E-state index < -0.39 is 0 Å². The summed E-state index contributed by atoms with van der Waals surface area (Å²) in [6.07, 6.45) is 3.33. The molecule has 7 nitrogen and oxygen atoms in total. The van der Waals surface area contributed by atoms with Crippen LogP contribution in [0.15, 0.2) is 40.9 Å². The highest BCUT2D eigenvalue weighted by Gasteiger charge is 2.26. The van der Waals surface area contributed by atoms with E-state index in [0.29, 0.717) is 45.6 Å². The van der Waals surface area contributed by atoms with Crippen LogP contribution in [0.1, 0.15) is 46.1 Å². The number of ether oxygens (including phenoxy) is 1. The van der Waals surface area contributed by atoms with E-state index in [9.17, 15) is 9.59 Å². The zero-order valence-corrected chi connectivity index (χ0v) is 19.6. The maximum absolute atomic E-state index is 12.9. The number of hydrogen-bond acceptors (Lipinski definition) is 6. The first-order valence-electron chi connectivity index (χ1n) is 11.1. The van der Waals surface area contributed by atoms with Gasteiger partial charge in [-0.2, -0.15) is 0 Å². The third-order valence-corrected chi connectivity index (χ3v) is 7.16. The van der Waals surface area contributed by atoms with Gasteiger partial charge in [-0.1, -0.05) is 13.8 Å². The molecular formula is C25H25N3O4S. The SMILES string of the molecule is CCc1oc2cc(Oc3ccnc4cc(C(=O)N5CC[C@@H](C)C5)sc34)ccc2c1C(=O)NC. The van der Waals surface area contributed by atoms with Crippen LogP contribution in [0.3, 0.4) is 0 Å². The Hall–Kier alpha value is -3.39. The number of furan rings is 1.